The first-order valence-corrected chi connectivity index (χ1v) is 8.50. The summed E-state index contributed by atoms with van der Waals surface area (Å²) in [6.45, 7) is 0.342. The second-order valence-electron chi connectivity index (χ2n) is 3.24. The lowest BCUT2D eigenvalue weighted by Crippen LogP contribution is -2.07. The van der Waals surface area contributed by atoms with Gasteiger partial charge in [0.25, 0.3) is 9.05 Å². The predicted octanol–water partition coefficient (Wildman–Crippen LogP) is 2.05. The summed E-state index contributed by atoms with van der Waals surface area (Å²) in [4.78, 5) is 10.7. The van der Waals surface area contributed by atoms with Crippen molar-refractivity contribution in [1.82, 2.24) is 0 Å². The number of rotatable bonds is 6. The molecule has 1 aromatic carbocycles. The third-order valence-electron chi connectivity index (χ3n) is 2.01. The number of ether oxygens (including phenoxy) is 1. The Kier molecular flexibility index (Phi) is 5.30. The van der Waals surface area contributed by atoms with Gasteiger partial charge in [-0.05, 0) is 24.5 Å². The van der Waals surface area contributed by atoms with E-state index >= 15 is 0 Å². The molecule has 0 aromatic heterocycles. The molecule has 0 saturated heterocycles. The van der Waals surface area contributed by atoms with Crippen molar-refractivity contribution in [1.29, 1.82) is 0 Å². The van der Waals surface area contributed by atoms with E-state index in [-0.39, 0.29) is 16.2 Å². The third-order valence-corrected chi connectivity index (χ3v) is 3.93. The van der Waals surface area contributed by atoms with E-state index in [2.05, 4.69) is 0 Å². The van der Waals surface area contributed by atoms with Crippen LogP contribution in [0.2, 0.25) is 0 Å². The van der Waals surface area contributed by atoms with Gasteiger partial charge < -0.3 is 9.84 Å². The first-order valence-electron chi connectivity index (χ1n) is 4.80. The van der Waals surface area contributed by atoms with E-state index in [1.807, 2.05) is 6.26 Å². The Balaban J connectivity index is 3.09. The number of benzene rings is 1. The Morgan fingerprint density at radius 3 is 2.67 bits per heavy atom. The van der Waals surface area contributed by atoms with Crippen LogP contribution in [-0.2, 0) is 9.05 Å². The zero-order chi connectivity index (χ0) is 13.8. The minimum atomic E-state index is -3.95. The van der Waals surface area contributed by atoms with Crippen molar-refractivity contribution in [2.45, 2.75) is 4.90 Å². The average molecular weight is 311 g/mol. The summed E-state index contributed by atoms with van der Waals surface area (Å²) in [5, 5.41) is 8.99. The van der Waals surface area contributed by atoms with Crippen LogP contribution in [0.4, 0.5) is 0 Å². The zero-order valence-electron chi connectivity index (χ0n) is 9.42. The fraction of sp³-hybridized carbons (Fsp3) is 0.300. The molecule has 0 fully saturated rings. The number of hydrogen-bond acceptors (Lipinski definition) is 5. The summed E-state index contributed by atoms with van der Waals surface area (Å²) in [5.74, 6) is -0.439. The standard InChI is InChI=1S/C10H11ClO5S2/c1-17-5-4-16-9-3-2-7(18(11,14)15)6-8(9)10(12)13/h2-3,6H,4-5H2,1H3,(H,12,13). The molecule has 1 rings (SSSR count). The molecule has 1 aromatic rings. The number of carbonyl (C=O) groups is 1. The fourth-order valence-corrected chi connectivity index (χ4v) is 2.22. The van der Waals surface area contributed by atoms with Gasteiger partial charge in [-0.3, -0.25) is 0 Å². The van der Waals surface area contributed by atoms with Crippen LogP contribution >= 0.6 is 22.4 Å². The van der Waals surface area contributed by atoms with Crippen molar-refractivity contribution in [3.8, 4) is 5.75 Å². The highest BCUT2D eigenvalue weighted by molar-refractivity contribution is 8.13. The van der Waals surface area contributed by atoms with E-state index in [1.54, 1.807) is 11.8 Å². The second-order valence-corrected chi connectivity index (χ2v) is 6.79. The van der Waals surface area contributed by atoms with Gasteiger partial charge in [-0.15, -0.1) is 0 Å². The molecule has 8 heteroatoms. The van der Waals surface area contributed by atoms with Crippen molar-refractivity contribution < 1.29 is 23.1 Å². The quantitative estimate of drug-likeness (QED) is 0.640. The lowest BCUT2D eigenvalue weighted by Gasteiger charge is -2.09. The highest BCUT2D eigenvalue weighted by atomic mass is 35.7. The molecule has 0 radical (unpaired) electrons. The van der Waals surface area contributed by atoms with Crippen LogP contribution in [0.3, 0.4) is 0 Å². The topological polar surface area (TPSA) is 80.7 Å². The van der Waals surface area contributed by atoms with Gasteiger partial charge in [-0.2, -0.15) is 11.8 Å². The Labute approximate surface area is 114 Å². The number of aromatic carboxylic acids is 1. The van der Waals surface area contributed by atoms with Crippen LogP contribution < -0.4 is 4.74 Å². The molecule has 1 N–H and O–H groups in total. The Morgan fingerprint density at radius 2 is 2.17 bits per heavy atom. The molecule has 0 aliphatic heterocycles. The highest BCUT2D eigenvalue weighted by Crippen LogP contribution is 2.24. The van der Waals surface area contributed by atoms with Crippen LogP contribution in [0.15, 0.2) is 23.1 Å². The Hall–Kier alpha value is -0.920. The maximum Gasteiger partial charge on any atom is 0.339 e. The number of carboxylic acids is 1. The van der Waals surface area contributed by atoms with E-state index in [0.717, 1.165) is 6.07 Å². The molecule has 5 nitrogen and oxygen atoms in total. The number of halogens is 1. The van der Waals surface area contributed by atoms with E-state index in [1.165, 1.54) is 12.1 Å². The van der Waals surface area contributed by atoms with Crippen molar-refractivity contribution in [3.05, 3.63) is 23.8 Å². The molecule has 100 valence electrons. The minimum Gasteiger partial charge on any atom is -0.492 e. The molecule has 0 heterocycles. The van der Waals surface area contributed by atoms with E-state index < -0.39 is 15.0 Å². The molecule has 0 aliphatic rings. The first-order chi connectivity index (χ1) is 8.36. The summed E-state index contributed by atoms with van der Waals surface area (Å²) < 4.78 is 27.5. The Morgan fingerprint density at radius 1 is 1.50 bits per heavy atom. The van der Waals surface area contributed by atoms with Crippen molar-refractivity contribution in [3.63, 3.8) is 0 Å². The number of carboxylic acid groups (broad SMARTS) is 1. The first kappa shape index (κ1) is 15.1. The molecule has 0 unspecified atom stereocenters. The van der Waals surface area contributed by atoms with Gasteiger partial charge in [-0.25, -0.2) is 13.2 Å². The monoisotopic (exact) mass is 310 g/mol. The lowest BCUT2D eigenvalue weighted by atomic mass is 10.2. The van der Waals surface area contributed by atoms with E-state index in [0.29, 0.717) is 12.4 Å². The van der Waals surface area contributed by atoms with E-state index in [4.69, 9.17) is 20.5 Å². The van der Waals surface area contributed by atoms with Crippen molar-refractivity contribution in [2.75, 3.05) is 18.6 Å². The summed E-state index contributed by atoms with van der Waals surface area (Å²) >= 11 is 1.55. The maximum absolute atomic E-state index is 11.1. The van der Waals surface area contributed by atoms with Gasteiger partial charge in [0.2, 0.25) is 0 Å². The number of hydrogen-bond donors (Lipinski definition) is 1. The third kappa shape index (κ3) is 4.08. The largest absolute Gasteiger partial charge is 0.492 e. The molecule has 18 heavy (non-hydrogen) atoms. The molecular formula is C10H11ClO5S2. The fourth-order valence-electron chi connectivity index (χ4n) is 1.19. The molecule has 0 amide bonds. The Bertz CT molecular complexity index is 541. The molecule has 0 atom stereocenters. The van der Waals surface area contributed by atoms with Crippen molar-refractivity contribution >= 4 is 37.5 Å². The van der Waals surface area contributed by atoms with Gasteiger partial charge in [0.15, 0.2) is 0 Å². The van der Waals surface area contributed by atoms with Crippen molar-refractivity contribution in [2.24, 2.45) is 0 Å². The van der Waals surface area contributed by atoms with E-state index in [9.17, 15) is 13.2 Å². The summed E-state index contributed by atoms with van der Waals surface area (Å²) in [5.41, 5.74) is -0.224. The van der Waals surface area contributed by atoms with Gasteiger partial charge >= 0.3 is 5.97 Å². The van der Waals surface area contributed by atoms with Crippen LogP contribution in [-0.4, -0.2) is 38.1 Å². The lowest BCUT2D eigenvalue weighted by molar-refractivity contribution is 0.0692. The SMILES string of the molecule is CSCCOc1ccc(S(=O)(=O)Cl)cc1C(=O)O. The molecule has 0 saturated carbocycles. The maximum atomic E-state index is 11.1. The second kappa shape index (κ2) is 6.31. The highest BCUT2D eigenvalue weighted by Gasteiger charge is 2.17. The minimum absolute atomic E-state index is 0.126. The molecule has 0 bridgehead atoms. The summed E-state index contributed by atoms with van der Waals surface area (Å²) in [7, 11) is 1.20. The summed E-state index contributed by atoms with van der Waals surface area (Å²) in [6.07, 6.45) is 1.89. The predicted molar refractivity (Wildman–Crippen MR) is 70.3 cm³/mol. The number of thioether (sulfide) groups is 1. The molecule has 0 aliphatic carbocycles. The zero-order valence-corrected chi connectivity index (χ0v) is 11.8. The van der Waals surface area contributed by atoms with Gasteiger partial charge in [0, 0.05) is 16.4 Å². The van der Waals surface area contributed by atoms with Crippen LogP contribution in [0.1, 0.15) is 10.4 Å². The van der Waals surface area contributed by atoms with Crippen LogP contribution in [0.5, 0.6) is 5.75 Å². The average Bonchev–Trinajstić information content (AvgIpc) is 2.28. The van der Waals surface area contributed by atoms with Gasteiger partial charge in [0.05, 0.1) is 11.5 Å². The van der Waals surface area contributed by atoms with Gasteiger partial charge in [-0.1, -0.05) is 0 Å². The van der Waals surface area contributed by atoms with Crippen LogP contribution in [0.25, 0.3) is 0 Å². The molecular weight excluding hydrogens is 300 g/mol. The van der Waals surface area contributed by atoms with Gasteiger partial charge in [0.1, 0.15) is 11.3 Å². The van der Waals surface area contributed by atoms with Crippen LogP contribution in [0, 0.1) is 0 Å². The normalized spacial score (nSPS) is 11.2. The summed E-state index contributed by atoms with van der Waals surface area (Å²) in [6, 6.07) is 3.49. The molecule has 0 spiro atoms. The smallest absolute Gasteiger partial charge is 0.339 e.